The molecule has 1 rings (SSSR count). The lowest BCUT2D eigenvalue weighted by molar-refractivity contribution is -0.138. The molecule has 6 heteroatoms. The Hall–Kier alpha value is -0.750. The second-order valence-electron chi connectivity index (χ2n) is 4.59. The van der Waals surface area contributed by atoms with E-state index in [1.807, 2.05) is 11.8 Å². The molecule has 0 aliphatic carbocycles. The van der Waals surface area contributed by atoms with Gasteiger partial charge in [-0.05, 0) is 12.3 Å². The van der Waals surface area contributed by atoms with Crippen molar-refractivity contribution in [3.05, 3.63) is 0 Å². The molecule has 0 aromatic rings. The third-order valence-corrected chi connectivity index (χ3v) is 3.11. The van der Waals surface area contributed by atoms with Crippen LogP contribution in [0, 0.1) is 5.92 Å². The summed E-state index contributed by atoms with van der Waals surface area (Å²) >= 11 is 0. The molecule has 2 unspecified atom stereocenters. The Morgan fingerprint density at radius 2 is 2.24 bits per heavy atom. The quantitative estimate of drug-likeness (QED) is 0.739. The topological polar surface area (TPSA) is 52.6 Å². The first kappa shape index (κ1) is 14.3. The van der Waals surface area contributed by atoms with E-state index in [2.05, 4.69) is 5.32 Å². The van der Waals surface area contributed by atoms with E-state index >= 15 is 0 Å². The number of halogens is 2. The van der Waals surface area contributed by atoms with Gasteiger partial charge in [0.05, 0.1) is 13.1 Å². The zero-order chi connectivity index (χ0) is 12.8. The van der Waals surface area contributed by atoms with Gasteiger partial charge >= 0.3 is 5.97 Å². The Balaban J connectivity index is 2.44. The van der Waals surface area contributed by atoms with Gasteiger partial charge in [-0.2, -0.15) is 0 Å². The van der Waals surface area contributed by atoms with Crippen molar-refractivity contribution in [2.75, 3.05) is 26.2 Å². The number of nitrogens with zero attached hydrogens (tertiary/aromatic N) is 1. The van der Waals surface area contributed by atoms with Crippen molar-refractivity contribution >= 4 is 5.97 Å². The van der Waals surface area contributed by atoms with Crippen LogP contribution in [0.5, 0.6) is 0 Å². The first-order valence-corrected chi connectivity index (χ1v) is 5.97. The number of alkyl halides is 2. The second kappa shape index (κ2) is 6.86. The van der Waals surface area contributed by atoms with E-state index in [-0.39, 0.29) is 19.1 Å². The molecule has 1 aliphatic heterocycles. The summed E-state index contributed by atoms with van der Waals surface area (Å²) in [6.07, 6.45) is -0.563. The number of carboxylic acid groups (broad SMARTS) is 1. The van der Waals surface area contributed by atoms with Crippen LogP contribution in [-0.2, 0) is 4.79 Å². The van der Waals surface area contributed by atoms with Crippen LogP contribution in [0.4, 0.5) is 8.78 Å². The van der Waals surface area contributed by atoms with Gasteiger partial charge in [0.15, 0.2) is 0 Å². The Morgan fingerprint density at radius 3 is 2.76 bits per heavy atom. The molecule has 0 saturated carbocycles. The SMILES string of the molecule is CCC1CC(NCC(F)F)CN(CC(=O)O)C1. The van der Waals surface area contributed by atoms with Gasteiger partial charge in [-0.25, -0.2) is 8.78 Å². The van der Waals surface area contributed by atoms with Crippen LogP contribution in [0.2, 0.25) is 0 Å². The average molecular weight is 250 g/mol. The Morgan fingerprint density at radius 1 is 1.53 bits per heavy atom. The average Bonchev–Trinajstić information content (AvgIpc) is 2.25. The summed E-state index contributed by atoms with van der Waals surface area (Å²) in [7, 11) is 0. The summed E-state index contributed by atoms with van der Waals surface area (Å²) in [6.45, 7) is 3.00. The highest BCUT2D eigenvalue weighted by Gasteiger charge is 2.27. The molecule has 1 saturated heterocycles. The molecule has 4 nitrogen and oxygen atoms in total. The molecule has 2 N–H and O–H groups in total. The highest BCUT2D eigenvalue weighted by atomic mass is 19.3. The predicted octanol–water partition coefficient (Wildman–Crippen LogP) is 1.03. The second-order valence-corrected chi connectivity index (χ2v) is 4.59. The zero-order valence-electron chi connectivity index (χ0n) is 10.0. The normalized spacial score (nSPS) is 26.4. The molecule has 0 aromatic carbocycles. The highest BCUT2D eigenvalue weighted by Crippen LogP contribution is 2.19. The monoisotopic (exact) mass is 250 g/mol. The van der Waals surface area contributed by atoms with Gasteiger partial charge in [0.1, 0.15) is 0 Å². The summed E-state index contributed by atoms with van der Waals surface area (Å²) < 4.78 is 24.2. The minimum Gasteiger partial charge on any atom is -0.480 e. The first-order chi connectivity index (χ1) is 8.01. The Bertz CT molecular complexity index is 252. The Kier molecular flexibility index (Phi) is 5.77. The van der Waals surface area contributed by atoms with Crippen LogP contribution in [0.15, 0.2) is 0 Å². The van der Waals surface area contributed by atoms with Crippen LogP contribution in [-0.4, -0.2) is 54.6 Å². The number of aliphatic carboxylic acids is 1. The van der Waals surface area contributed by atoms with Crippen LogP contribution in [0.25, 0.3) is 0 Å². The number of piperidine rings is 1. The molecule has 0 aromatic heterocycles. The molecule has 1 aliphatic rings. The number of hydrogen-bond acceptors (Lipinski definition) is 3. The fourth-order valence-electron chi connectivity index (χ4n) is 2.32. The smallest absolute Gasteiger partial charge is 0.317 e. The fraction of sp³-hybridized carbons (Fsp3) is 0.909. The maximum Gasteiger partial charge on any atom is 0.317 e. The molecular formula is C11H20F2N2O2. The van der Waals surface area contributed by atoms with Crippen molar-refractivity contribution in [3.8, 4) is 0 Å². The van der Waals surface area contributed by atoms with Gasteiger partial charge < -0.3 is 10.4 Å². The molecule has 0 radical (unpaired) electrons. The molecule has 0 bridgehead atoms. The van der Waals surface area contributed by atoms with E-state index in [0.29, 0.717) is 12.5 Å². The third-order valence-electron chi connectivity index (χ3n) is 3.11. The maximum atomic E-state index is 12.1. The number of rotatable bonds is 6. The van der Waals surface area contributed by atoms with E-state index in [0.717, 1.165) is 19.4 Å². The summed E-state index contributed by atoms with van der Waals surface area (Å²) in [5, 5.41) is 11.6. The van der Waals surface area contributed by atoms with Crippen molar-refractivity contribution in [2.45, 2.75) is 32.2 Å². The van der Waals surface area contributed by atoms with E-state index in [1.54, 1.807) is 0 Å². The molecular weight excluding hydrogens is 230 g/mol. The first-order valence-electron chi connectivity index (χ1n) is 5.97. The van der Waals surface area contributed by atoms with Crippen molar-refractivity contribution in [2.24, 2.45) is 5.92 Å². The summed E-state index contributed by atoms with van der Waals surface area (Å²) in [4.78, 5) is 12.5. The molecule has 0 spiro atoms. The molecule has 1 fully saturated rings. The van der Waals surface area contributed by atoms with Gasteiger partial charge in [0.25, 0.3) is 6.43 Å². The number of carboxylic acids is 1. The van der Waals surface area contributed by atoms with Crippen molar-refractivity contribution in [3.63, 3.8) is 0 Å². The van der Waals surface area contributed by atoms with Gasteiger partial charge in [-0.15, -0.1) is 0 Å². The van der Waals surface area contributed by atoms with Gasteiger partial charge in [0.2, 0.25) is 0 Å². The summed E-state index contributed by atoms with van der Waals surface area (Å²) in [5.74, 6) is -0.479. The largest absolute Gasteiger partial charge is 0.480 e. The van der Waals surface area contributed by atoms with E-state index < -0.39 is 12.4 Å². The van der Waals surface area contributed by atoms with Gasteiger partial charge in [-0.3, -0.25) is 9.69 Å². The lowest BCUT2D eigenvalue weighted by Crippen LogP contribution is -2.51. The van der Waals surface area contributed by atoms with Crippen LogP contribution in [0.3, 0.4) is 0 Å². The lowest BCUT2D eigenvalue weighted by Gasteiger charge is -2.37. The number of likely N-dealkylation sites (tertiary alicyclic amines) is 1. The number of carbonyl (C=O) groups is 1. The number of nitrogens with one attached hydrogen (secondary N) is 1. The molecule has 17 heavy (non-hydrogen) atoms. The zero-order valence-corrected chi connectivity index (χ0v) is 10.0. The van der Waals surface area contributed by atoms with E-state index in [4.69, 9.17) is 5.11 Å². The van der Waals surface area contributed by atoms with E-state index in [1.165, 1.54) is 0 Å². The minimum absolute atomic E-state index is 0.0106. The Labute approximate surface area is 100.0 Å². The van der Waals surface area contributed by atoms with Crippen LogP contribution < -0.4 is 5.32 Å². The maximum absolute atomic E-state index is 12.1. The fourth-order valence-corrected chi connectivity index (χ4v) is 2.32. The molecule has 2 atom stereocenters. The lowest BCUT2D eigenvalue weighted by atomic mass is 9.92. The van der Waals surface area contributed by atoms with Crippen molar-refractivity contribution in [1.82, 2.24) is 10.2 Å². The van der Waals surface area contributed by atoms with Crippen LogP contribution in [0.1, 0.15) is 19.8 Å². The minimum atomic E-state index is -2.36. The van der Waals surface area contributed by atoms with Crippen molar-refractivity contribution < 1.29 is 18.7 Å². The highest BCUT2D eigenvalue weighted by molar-refractivity contribution is 5.69. The molecule has 100 valence electrons. The summed E-state index contributed by atoms with van der Waals surface area (Å²) in [6, 6.07) is -0.0259. The molecule has 1 heterocycles. The van der Waals surface area contributed by atoms with Crippen molar-refractivity contribution in [1.29, 1.82) is 0 Å². The van der Waals surface area contributed by atoms with Gasteiger partial charge in [-0.1, -0.05) is 13.3 Å². The summed E-state index contributed by atoms with van der Waals surface area (Å²) in [5.41, 5.74) is 0. The van der Waals surface area contributed by atoms with Gasteiger partial charge in [0, 0.05) is 19.1 Å². The third kappa shape index (κ3) is 5.41. The van der Waals surface area contributed by atoms with E-state index in [9.17, 15) is 13.6 Å². The number of hydrogen-bond donors (Lipinski definition) is 2. The predicted molar refractivity (Wildman–Crippen MR) is 60.3 cm³/mol. The molecule has 0 amide bonds. The van der Waals surface area contributed by atoms with Crippen LogP contribution >= 0.6 is 0 Å². The standard InChI is InChI=1S/C11H20F2N2O2/c1-2-8-3-9(14-4-10(12)13)6-15(5-8)7-11(16)17/h8-10,14H,2-7H2,1H3,(H,16,17).